The highest BCUT2D eigenvalue weighted by atomic mass is 32.1. The summed E-state index contributed by atoms with van der Waals surface area (Å²) in [5.74, 6) is 0.332. The third kappa shape index (κ3) is 6.51. The molecule has 1 aliphatic heterocycles. The minimum absolute atomic E-state index is 0.0785. The molecule has 0 bridgehead atoms. The van der Waals surface area contributed by atoms with Gasteiger partial charge in [0.05, 0.1) is 12.8 Å². The van der Waals surface area contributed by atoms with Crippen molar-refractivity contribution in [2.45, 2.75) is 31.6 Å². The molecule has 1 fully saturated rings. The number of aromatic nitrogens is 5. The summed E-state index contributed by atoms with van der Waals surface area (Å²) in [5.41, 5.74) is 1.02. The molecule has 4 aromatic rings. The maximum Gasteiger partial charge on any atom is 0.232 e. The standard InChI is InChI=1S/C26H25FN8O2S/c27-20-7-2-1-5-18(20)15-23(36)29-21-8-9-22(32-31-21)35-13-10-17(11-14-35)25-33-34-26(38-25)30-24(37)16-19-6-3-4-12-28-19/h1-9,12,17H,10-11,13-16H2,(H,29,31,36)(H,30,34,37). The van der Waals surface area contributed by atoms with Crippen molar-refractivity contribution in [2.24, 2.45) is 0 Å². The number of hydrogen-bond acceptors (Lipinski definition) is 9. The van der Waals surface area contributed by atoms with Crippen LogP contribution in [0.15, 0.2) is 60.8 Å². The van der Waals surface area contributed by atoms with Crippen molar-refractivity contribution in [1.29, 1.82) is 0 Å². The fourth-order valence-electron chi connectivity index (χ4n) is 4.20. The fourth-order valence-corrected chi connectivity index (χ4v) is 5.13. The third-order valence-corrected chi connectivity index (χ3v) is 7.15. The number of nitrogens with one attached hydrogen (secondary N) is 2. The monoisotopic (exact) mass is 532 g/mol. The topological polar surface area (TPSA) is 126 Å². The lowest BCUT2D eigenvalue weighted by atomic mass is 9.98. The second-order valence-electron chi connectivity index (χ2n) is 8.85. The van der Waals surface area contributed by atoms with E-state index in [4.69, 9.17) is 0 Å². The van der Waals surface area contributed by atoms with Crippen LogP contribution >= 0.6 is 11.3 Å². The molecule has 3 aromatic heterocycles. The Morgan fingerprint density at radius 1 is 0.895 bits per heavy atom. The van der Waals surface area contributed by atoms with Crippen LogP contribution in [0.4, 0.5) is 21.2 Å². The number of carbonyl (C=O) groups excluding carboxylic acids is 2. The quantitative estimate of drug-likeness (QED) is 0.353. The molecule has 38 heavy (non-hydrogen) atoms. The van der Waals surface area contributed by atoms with Crippen molar-refractivity contribution in [1.82, 2.24) is 25.4 Å². The van der Waals surface area contributed by atoms with E-state index in [-0.39, 0.29) is 30.6 Å². The maximum absolute atomic E-state index is 13.8. The zero-order valence-electron chi connectivity index (χ0n) is 20.4. The Morgan fingerprint density at radius 2 is 1.68 bits per heavy atom. The predicted molar refractivity (Wildman–Crippen MR) is 141 cm³/mol. The number of amides is 2. The van der Waals surface area contributed by atoms with Crippen molar-refractivity contribution in [3.63, 3.8) is 0 Å². The summed E-state index contributed by atoms with van der Waals surface area (Å²) in [6, 6.07) is 15.1. The summed E-state index contributed by atoms with van der Waals surface area (Å²) in [7, 11) is 0. The third-order valence-electron chi connectivity index (χ3n) is 6.15. The number of anilines is 3. The van der Waals surface area contributed by atoms with Crippen molar-refractivity contribution in [3.05, 3.63) is 82.9 Å². The highest BCUT2D eigenvalue weighted by Crippen LogP contribution is 2.33. The van der Waals surface area contributed by atoms with Crippen molar-refractivity contribution < 1.29 is 14.0 Å². The van der Waals surface area contributed by atoms with E-state index < -0.39 is 5.82 Å². The van der Waals surface area contributed by atoms with E-state index in [2.05, 4.69) is 40.9 Å². The number of benzene rings is 1. The molecule has 194 valence electrons. The Hall–Kier alpha value is -4.32. The molecular formula is C26H25FN8O2S. The number of halogens is 1. The fraction of sp³-hybridized carbons (Fsp3) is 0.269. The molecule has 0 unspecified atom stereocenters. The zero-order valence-corrected chi connectivity index (χ0v) is 21.2. The van der Waals surface area contributed by atoms with Crippen molar-refractivity contribution in [2.75, 3.05) is 28.6 Å². The molecule has 0 radical (unpaired) electrons. The summed E-state index contributed by atoms with van der Waals surface area (Å²) in [6.07, 6.45) is 3.49. The largest absolute Gasteiger partial charge is 0.355 e. The van der Waals surface area contributed by atoms with Crippen LogP contribution in [-0.4, -0.2) is 50.3 Å². The molecule has 12 heteroatoms. The van der Waals surface area contributed by atoms with Crippen molar-refractivity contribution >= 4 is 39.9 Å². The first kappa shape index (κ1) is 25.3. The average molecular weight is 533 g/mol. The Labute approximate surface area is 222 Å². The number of carbonyl (C=O) groups is 2. The number of piperidine rings is 1. The maximum atomic E-state index is 13.8. The van der Waals surface area contributed by atoms with Gasteiger partial charge in [0.15, 0.2) is 11.6 Å². The smallest absolute Gasteiger partial charge is 0.232 e. The van der Waals surface area contributed by atoms with E-state index in [1.165, 1.54) is 17.4 Å². The number of rotatable bonds is 8. The molecule has 1 saturated heterocycles. The summed E-state index contributed by atoms with van der Waals surface area (Å²) in [5, 5.41) is 23.7. The van der Waals surface area contributed by atoms with E-state index in [0.717, 1.165) is 36.8 Å². The van der Waals surface area contributed by atoms with Crippen molar-refractivity contribution in [3.8, 4) is 0 Å². The second-order valence-corrected chi connectivity index (χ2v) is 9.86. The van der Waals surface area contributed by atoms with Gasteiger partial charge in [0, 0.05) is 30.9 Å². The molecule has 0 spiro atoms. The van der Waals surface area contributed by atoms with Gasteiger partial charge in [-0.05, 0) is 48.7 Å². The number of nitrogens with zero attached hydrogens (tertiary/aromatic N) is 6. The minimum Gasteiger partial charge on any atom is -0.355 e. The van der Waals surface area contributed by atoms with Crippen LogP contribution in [0.3, 0.4) is 0 Å². The van der Waals surface area contributed by atoms with Crippen LogP contribution < -0.4 is 15.5 Å². The van der Waals surface area contributed by atoms with Crippen LogP contribution in [0.5, 0.6) is 0 Å². The normalized spacial score (nSPS) is 13.8. The van der Waals surface area contributed by atoms with Gasteiger partial charge in [-0.2, -0.15) is 0 Å². The summed E-state index contributed by atoms with van der Waals surface area (Å²) < 4.78 is 13.8. The van der Waals surface area contributed by atoms with Gasteiger partial charge in [-0.15, -0.1) is 20.4 Å². The van der Waals surface area contributed by atoms with Gasteiger partial charge in [-0.25, -0.2) is 4.39 Å². The highest BCUT2D eigenvalue weighted by molar-refractivity contribution is 7.15. The molecule has 0 saturated carbocycles. The van der Waals surface area contributed by atoms with Crippen LogP contribution in [-0.2, 0) is 22.4 Å². The van der Waals surface area contributed by atoms with Crippen LogP contribution in [0.1, 0.15) is 35.0 Å². The lowest BCUT2D eigenvalue weighted by Crippen LogP contribution is -2.33. The van der Waals surface area contributed by atoms with Gasteiger partial charge in [0.25, 0.3) is 0 Å². The van der Waals surface area contributed by atoms with Crippen LogP contribution in [0.2, 0.25) is 0 Å². The zero-order chi connectivity index (χ0) is 26.3. The molecule has 2 amide bonds. The summed E-state index contributed by atoms with van der Waals surface area (Å²) in [4.78, 5) is 30.8. The first-order chi connectivity index (χ1) is 18.5. The Kier molecular flexibility index (Phi) is 7.88. The molecule has 5 rings (SSSR count). The van der Waals surface area contributed by atoms with Gasteiger partial charge in [-0.1, -0.05) is 35.6 Å². The Bertz CT molecular complexity index is 1390. The molecule has 1 aliphatic rings. The highest BCUT2D eigenvalue weighted by Gasteiger charge is 2.25. The summed E-state index contributed by atoms with van der Waals surface area (Å²) in [6.45, 7) is 1.53. The number of pyridine rings is 1. The molecule has 1 aromatic carbocycles. The first-order valence-electron chi connectivity index (χ1n) is 12.2. The van der Waals surface area contributed by atoms with E-state index in [1.807, 2.05) is 18.2 Å². The number of hydrogen-bond donors (Lipinski definition) is 2. The summed E-state index contributed by atoms with van der Waals surface area (Å²) >= 11 is 1.40. The van der Waals surface area contributed by atoms with Crippen LogP contribution in [0.25, 0.3) is 0 Å². The predicted octanol–water partition coefficient (Wildman–Crippen LogP) is 3.61. The molecule has 0 atom stereocenters. The molecular weight excluding hydrogens is 507 g/mol. The second kappa shape index (κ2) is 11.8. The minimum atomic E-state index is -0.414. The van der Waals surface area contributed by atoms with E-state index in [9.17, 15) is 14.0 Å². The van der Waals surface area contributed by atoms with Gasteiger partial charge in [0.1, 0.15) is 10.8 Å². The Balaban J connectivity index is 1.09. The molecule has 10 nitrogen and oxygen atoms in total. The van der Waals surface area contributed by atoms with Gasteiger partial charge in [-0.3, -0.25) is 14.6 Å². The van der Waals surface area contributed by atoms with Gasteiger partial charge < -0.3 is 15.5 Å². The SMILES string of the molecule is O=C(Cc1ccccc1F)Nc1ccc(N2CCC(c3nnc(NC(=O)Cc4ccccn4)s3)CC2)nn1. The Morgan fingerprint density at radius 3 is 2.42 bits per heavy atom. The van der Waals surface area contributed by atoms with E-state index in [0.29, 0.717) is 22.2 Å². The molecule has 2 N–H and O–H groups in total. The lowest BCUT2D eigenvalue weighted by Gasteiger charge is -2.31. The van der Waals surface area contributed by atoms with Gasteiger partial charge >= 0.3 is 0 Å². The first-order valence-corrected chi connectivity index (χ1v) is 13.0. The van der Waals surface area contributed by atoms with E-state index in [1.54, 1.807) is 36.5 Å². The molecule has 4 heterocycles. The van der Waals surface area contributed by atoms with E-state index >= 15 is 0 Å². The lowest BCUT2D eigenvalue weighted by molar-refractivity contribution is -0.116. The average Bonchev–Trinajstić information content (AvgIpc) is 3.39. The molecule has 0 aliphatic carbocycles. The van der Waals surface area contributed by atoms with Gasteiger partial charge in [0.2, 0.25) is 16.9 Å². The van der Waals surface area contributed by atoms with Crippen LogP contribution in [0, 0.1) is 5.82 Å².